The summed E-state index contributed by atoms with van der Waals surface area (Å²) in [5.74, 6) is -1.49. The van der Waals surface area contributed by atoms with Gasteiger partial charge < -0.3 is 10.8 Å². The average molecular weight is 249 g/mol. The van der Waals surface area contributed by atoms with Crippen molar-refractivity contribution in [1.29, 1.82) is 0 Å². The van der Waals surface area contributed by atoms with Crippen molar-refractivity contribution in [3.8, 4) is 0 Å². The molecule has 0 amide bonds. The summed E-state index contributed by atoms with van der Waals surface area (Å²) in [6.07, 6.45) is 0.724. The maximum absolute atomic E-state index is 13.4. The Morgan fingerprint density at radius 3 is 2.78 bits per heavy atom. The zero-order valence-corrected chi connectivity index (χ0v) is 9.48. The van der Waals surface area contributed by atoms with Gasteiger partial charge in [0, 0.05) is 0 Å². The minimum atomic E-state index is -1.13. The smallest absolute Gasteiger partial charge is 0.341 e. The molecule has 0 aliphatic carbocycles. The van der Waals surface area contributed by atoms with Gasteiger partial charge in [0.25, 0.3) is 0 Å². The lowest BCUT2D eigenvalue weighted by molar-refractivity contribution is 0.0697. The zero-order valence-electron chi connectivity index (χ0n) is 9.48. The first-order valence-corrected chi connectivity index (χ1v) is 5.39. The molecule has 0 radical (unpaired) electrons. The highest BCUT2D eigenvalue weighted by Gasteiger charge is 2.17. The van der Waals surface area contributed by atoms with Gasteiger partial charge in [0.2, 0.25) is 0 Å². The summed E-state index contributed by atoms with van der Waals surface area (Å²) in [6.45, 7) is 0. The van der Waals surface area contributed by atoms with E-state index in [0.29, 0.717) is 24.1 Å². The number of rotatable bonds is 4. The van der Waals surface area contributed by atoms with Gasteiger partial charge in [-0.05, 0) is 24.5 Å². The van der Waals surface area contributed by atoms with Crippen molar-refractivity contribution in [1.82, 2.24) is 10.2 Å². The van der Waals surface area contributed by atoms with E-state index in [9.17, 15) is 9.18 Å². The molecule has 0 atom stereocenters. The van der Waals surface area contributed by atoms with Gasteiger partial charge in [-0.1, -0.05) is 18.2 Å². The number of aryl methyl sites for hydroxylation is 2. The number of hydrogen-bond acceptors (Lipinski definition) is 3. The largest absolute Gasteiger partial charge is 0.477 e. The third kappa shape index (κ3) is 2.32. The average Bonchev–Trinajstić information content (AvgIpc) is 2.69. The second-order valence-corrected chi connectivity index (χ2v) is 3.86. The molecule has 0 spiro atoms. The number of nitrogens with zero attached hydrogens (tertiary/aromatic N) is 1. The van der Waals surface area contributed by atoms with E-state index in [4.69, 9.17) is 10.8 Å². The number of benzene rings is 1. The standard InChI is InChI=1S/C12H12FN3O2/c13-8-4-2-1-3-7(8)5-6-9-10(12(17)18)11(14)16-15-9/h1-4H,5-6H2,(H,17,18)(H3,14,15,16). The van der Waals surface area contributed by atoms with E-state index in [1.54, 1.807) is 18.2 Å². The molecule has 1 heterocycles. The SMILES string of the molecule is Nc1n[nH]c(CCc2ccccc2F)c1C(=O)O. The highest BCUT2D eigenvalue weighted by molar-refractivity contribution is 5.93. The molecular weight excluding hydrogens is 237 g/mol. The first kappa shape index (κ1) is 12.1. The van der Waals surface area contributed by atoms with Crippen molar-refractivity contribution in [2.45, 2.75) is 12.8 Å². The Hall–Kier alpha value is -2.37. The van der Waals surface area contributed by atoms with Crippen molar-refractivity contribution in [3.05, 3.63) is 46.9 Å². The number of aromatic carboxylic acids is 1. The van der Waals surface area contributed by atoms with Crippen molar-refractivity contribution in [2.75, 3.05) is 5.73 Å². The topological polar surface area (TPSA) is 92.0 Å². The molecule has 1 aromatic heterocycles. The van der Waals surface area contributed by atoms with Gasteiger partial charge in [-0.3, -0.25) is 5.10 Å². The van der Waals surface area contributed by atoms with Crippen LogP contribution >= 0.6 is 0 Å². The molecule has 1 aromatic carbocycles. The van der Waals surface area contributed by atoms with Crippen LogP contribution in [0.1, 0.15) is 21.6 Å². The van der Waals surface area contributed by atoms with Gasteiger partial charge in [0.05, 0.1) is 5.69 Å². The van der Waals surface area contributed by atoms with Crippen LogP contribution in [0, 0.1) is 5.82 Å². The van der Waals surface area contributed by atoms with Gasteiger partial charge >= 0.3 is 5.97 Å². The number of aromatic amines is 1. The van der Waals surface area contributed by atoms with Gasteiger partial charge in [-0.25, -0.2) is 9.18 Å². The van der Waals surface area contributed by atoms with E-state index in [1.807, 2.05) is 0 Å². The van der Waals surface area contributed by atoms with Crippen LogP contribution in [0.25, 0.3) is 0 Å². The Kier molecular flexibility index (Phi) is 3.27. The summed E-state index contributed by atoms with van der Waals surface area (Å²) in [5, 5.41) is 15.2. The second-order valence-electron chi connectivity index (χ2n) is 3.86. The van der Waals surface area contributed by atoms with E-state index in [2.05, 4.69) is 10.2 Å². The van der Waals surface area contributed by atoms with Crippen LogP contribution in [-0.4, -0.2) is 21.3 Å². The minimum Gasteiger partial charge on any atom is -0.477 e. The van der Waals surface area contributed by atoms with Crippen molar-refractivity contribution in [2.24, 2.45) is 0 Å². The van der Waals surface area contributed by atoms with E-state index in [-0.39, 0.29) is 17.2 Å². The lowest BCUT2D eigenvalue weighted by Crippen LogP contribution is -2.05. The highest BCUT2D eigenvalue weighted by Crippen LogP contribution is 2.16. The molecule has 2 rings (SSSR count). The number of carboxylic acid groups (broad SMARTS) is 1. The van der Waals surface area contributed by atoms with Crippen molar-refractivity contribution in [3.63, 3.8) is 0 Å². The van der Waals surface area contributed by atoms with Crippen LogP contribution in [0.3, 0.4) is 0 Å². The summed E-state index contributed by atoms with van der Waals surface area (Å²) >= 11 is 0. The lowest BCUT2D eigenvalue weighted by atomic mass is 10.1. The molecule has 4 N–H and O–H groups in total. The molecule has 0 saturated carbocycles. The number of carboxylic acids is 1. The van der Waals surface area contributed by atoms with Crippen LogP contribution in [0.4, 0.5) is 10.2 Å². The summed E-state index contributed by atoms with van der Waals surface area (Å²) < 4.78 is 13.4. The first-order chi connectivity index (χ1) is 8.59. The molecule has 0 fully saturated rings. The number of carbonyl (C=O) groups is 1. The summed E-state index contributed by atoms with van der Waals surface area (Å²) in [7, 11) is 0. The van der Waals surface area contributed by atoms with Crippen LogP contribution in [-0.2, 0) is 12.8 Å². The van der Waals surface area contributed by atoms with Gasteiger partial charge in [-0.15, -0.1) is 0 Å². The Bertz CT molecular complexity index is 580. The maximum atomic E-state index is 13.4. The Labute approximate surface area is 102 Å². The Balaban J connectivity index is 2.16. The number of nitrogens with two attached hydrogens (primary N) is 1. The zero-order chi connectivity index (χ0) is 13.1. The number of halogens is 1. The molecular formula is C12H12FN3O2. The Morgan fingerprint density at radius 2 is 2.11 bits per heavy atom. The van der Waals surface area contributed by atoms with E-state index < -0.39 is 5.97 Å². The fraction of sp³-hybridized carbons (Fsp3) is 0.167. The number of anilines is 1. The normalized spacial score (nSPS) is 10.5. The molecule has 0 unspecified atom stereocenters. The van der Waals surface area contributed by atoms with Gasteiger partial charge in [0.1, 0.15) is 11.4 Å². The maximum Gasteiger partial charge on any atom is 0.341 e. The molecule has 2 aromatic rings. The predicted molar refractivity (Wildman–Crippen MR) is 63.8 cm³/mol. The molecule has 0 aliphatic heterocycles. The number of nitrogens with one attached hydrogen (secondary N) is 1. The fourth-order valence-electron chi connectivity index (χ4n) is 1.77. The Morgan fingerprint density at radius 1 is 1.39 bits per heavy atom. The number of hydrogen-bond donors (Lipinski definition) is 3. The lowest BCUT2D eigenvalue weighted by Gasteiger charge is -2.02. The van der Waals surface area contributed by atoms with E-state index >= 15 is 0 Å². The van der Waals surface area contributed by atoms with E-state index in [1.165, 1.54) is 6.07 Å². The third-order valence-corrected chi connectivity index (χ3v) is 2.69. The quantitative estimate of drug-likeness (QED) is 0.767. The van der Waals surface area contributed by atoms with Crippen LogP contribution < -0.4 is 5.73 Å². The van der Waals surface area contributed by atoms with E-state index in [0.717, 1.165) is 0 Å². The van der Waals surface area contributed by atoms with Crippen molar-refractivity contribution >= 4 is 11.8 Å². The number of H-pyrrole nitrogens is 1. The molecule has 0 bridgehead atoms. The molecule has 0 saturated heterocycles. The van der Waals surface area contributed by atoms with Crippen LogP contribution in [0.15, 0.2) is 24.3 Å². The van der Waals surface area contributed by atoms with Crippen LogP contribution in [0.5, 0.6) is 0 Å². The summed E-state index contributed by atoms with van der Waals surface area (Å²) in [4.78, 5) is 11.0. The number of nitrogen functional groups attached to an aromatic ring is 1. The molecule has 5 nitrogen and oxygen atoms in total. The molecule has 94 valence electrons. The molecule has 18 heavy (non-hydrogen) atoms. The minimum absolute atomic E-state index is 0.0358. The van der Waals surface area contributed by atoms with Crippen LogP contribution in [0.2, 0.25) is 0 Å². The highest BCUT2D eigenvalue weighted by atomic mass is 19.1. The van der Waals surface area contributed by atoms with Gasteiger partial charge in [-0.2, -0.15) is 5.10 Å². The second kappa shape index (κ2) is 4.87. The summed E-state index contributed by atoms with van der Waals surface area (Å²) in [5.41, 5.74) is 6.34. The molecule has 0 aliphatic rings. The predicted octanol–water partition coefficient (Wildman–Crippen LogP) is 1.61. The van der Waals surface area contributed by atoms with Gasteiger partial charge in [0.15, 0.2) is 5.82 Å². The monoisotopic (exact) mass is 249 g/mol. The fourth-order valence-corrected chi connectivity index (χ4v) is 1.77. The summed E-state index contributed by atoms with van der Waals surface area (Å²) in [6, 6.07) is 6.37. The third-order valence-electron chi connectivity index (χ3n) is 2.69. The number of aromatic nitrogens is 2. The van der Waals surface area contributed by atoms with Crippen molar-refractivity contribution < 1.29 is 14.3 Å². The first-order valence-electron chi connectivity index (χ1n) is 5.39. The molecule has 6 heteroatoms.